The van der Waals surface area contributed by atoms with Crippen molar-refractivity contribution in [2.24, 2.45) is 5.92 Å². The highest BCUT2D eigenvalue weighted by molar-refractivity contribution is 5.31. The highest BCUT2D eigenvalue weighted by Gasteiger charge is 2.22. The molecule has 2 heteroatoms. The van der Waals surface area contributed by atoms with Gasteiger partial charge in [-0.3, -0.25) is 0 Å². The summed E-state index contributed by atoms with van der Waals surface area (Å²) < 4.78 is 18.6. The van der Waals surface area contributed by atoms with E-state index in [-0.39, 0.29) is 5.82 Å². The molecule has 0 N–H and O–H groups in total. The van der Waals surface area contributed by atoms with Crippen LogP contribution in [0.1, 0.15) is 56.9 Å². The minimum Gasteiger partial charge on any atom is -0.494 e. The molecular formula is C16H23FO. The summed E-state index contributed by atoms with van der Waals surface area (Å²) in [6, 6.07) is 5.43. The summed E-state index contributed by atoms with van der Waals surface area (Å²) in [7, 11) is 1.51. The van der Waals surface area contributed by atoms with Gasteiger partial charge in [0.1, 0.15) is 0 Å². The Hall–Kier alpha value is -1.05. The van der Waals surface area contributed by atoms with E-state index in [1.54, 1.807) is 12.1 Å². The van der Waals surface area contributed by atoms with Gasteiger partial charge in [0.2, 0.25) is 0 Å². The fourth-order valence-electron chi connectivity index (χ4n) is 3.13. The molecule has 0 radical (unpaired) electrons. The third kappa shape index (κ3) is 3.04. The van der Waals surface area contributed by atoms with Gasteiger partial charge in [-0.2, -0.15) is 0 Å². The second-order valence-corrected chi connectivity index (χ2v) is 5.40. The Labute approximate surface area is 109 Å². The number of benzene rings is 1. The van der Waals surface area contributed by atoms with Crippen LogP contribution in [0, 0.1) is 11.7 Å². The van der Waals surface area contributed by atoms with Crippen LogP contribution in [-0.2, 0) is 0 Å². The first-order valence-electron chi connectivity index (χ1n) is 7.08. The molecule has 0 atom stereocenters. The largest absolute Gasteiger partial charge is 0.494 e. The Kier molecular flexibility index (Phi) is 4.62. The number of hydrogen-bond acceptors (Lipinski definition) is 1. The first-order chi connectivity index (χ1) is 8.74. The lowest BCUT2D eigenvalue weighted by atomic mass is 9.77. The topological polar surface area (TPSA) is 9.23 Å². The number of methoxy groups -OCH3 is 1. The van der Waals surface area contributed by atoms with Crippen molar-refractivity contribution in [2.75, 3.05) is 7.11 Å². The molecule has 0 amide bonds. The van der Waals surface area contributed by atoms with Crippen molar-refractivity contribution < 1.29 is 9.13 Å². The molecule has 1 aromatic rings. The molecule has 1 aliphatic carbocycles. The van der Waals surface area contributed by atoms with Gasteiger partial charge in [-0.1, -0.05) is 25.8 Å². The van der Waals surface area contributed by atoms with Crippen LogP contribution in [-0.4, -0.2) is 7.11 Å². The fourth-order valence-corrected chi connectivity index (χ4v) is 3.13. The molecule has 18 heavy (non-hydrogen) atoms. The molecule has 0 bridgehead atoms. The molecular weight excluding hydrogens is 227 g/mol. The predicted octanol–water partition coefficient (Wildman–Crippen LogP) is 4.91. The smallest absolute Gasteiger partial charge is 0.165 e. The first-order valence-corrected chi connectivity index (χ1v) is 7.08. The average molecular weight is 250 g/mol. The van der Waals surface area contributed by atoms with Crippen molar-refractivity contribution >= 4 is 0 Å². The van der Waals surface area contributed by atoms with Gasteiger partial charge in [0.05, 0.1) is 7.11 Å². The zero-order chi connectivity index (χ0) is 13.0. The SMILES string of the molecule is CCCC1CCC(c2ccc(OC)c(F)c2)CC1. The summed E-state index contributed by atoms with van der Waals surface area (Å²) >= 11 is 0. The number of hydrogen-bond donors (Lipinski definition) is 0. The average Bonchev–Trinajstić information content (AvgIpc) is 2.40. The summed E-state index contributed by atoms with van der Waals surface area (Å²) in [4.78, 5) is 0. The molecule has 0 spiro atoms. The van der Waals surface area contributed by atoms with E-state index in [0.717, 1.165) is 11.5 Å². The lowest BCUT2D eigenvalue weighted by Gasteiger charge is -2.28. The number of halogens is 1. The second-order valence-electron chi connectivity index (χ2n) is 5.40. The molecule has 0 unspecified atom stereocenters. The Morgan fingerprint density at radius 3 is 2.50 bits per heavy atom. The maximum atomic E-state index is 13.7. The van der Waals surface area contributed by atoms with Crippen molar-refractivity contribution in [3.8, 4) is 5.75 Å². The number of ether oxygens (including phenoxy) is 1. The third-order valence-electron chi connectivity index (χ3n) is 4.19. The van der Waals surface area contributed by atoms with Gasteiger partial charge in [0, 0.05) is 0 Å². The maximum absolute atomic E-state index is 13.7. The van der Waals surface area contributed by atoms with Crippen molar-refractivity contribution in [2.45, 2.75) is 51.4 Å². The monoisotopic (exact) mass is 250 g/mol. The molecule has 100 valence electrons. The number of rotatable bonds is 4. The van der Waals surface area contributed by atoms with Gasteiger partial charge < -0.3 is 4.74 Å². The third-order valence-corrected chi connectivity index (χ3v) is 4.19. The first kappa shape index (κ1) is 13.4. The Balaban J connectivity index is 1.99. The minimum absolute atomic E-state index is 0.231. The van der Waals surface area contributed by atoms with Gasteiger partial charge in [0.15, 0.2) is 11.6 Å². The molecule has 0 aromatic heterocycles. The molecule has 0 saturated heterocycles. The van der Waals surface area contributed by atoms with Crippen LogP contribution in [0.2, 0.25) is 0 Å². The van der Waals surface area contributed by atoms with E-state index in [4.69, 9.17) is 4.74 Å². The zero-order valence-electron chi connectivity index (χ0n) is 11.4. The van der Waals surface area contributed by atoms with Crippen LogP contribution in [0.5, 0.6) is 5.75 Å². The molecule has 2 rings (SSSR count). The Bertz CT molecular complexity index is 381. The summed E-state index contributed by atoms with van der Waals surface area (Å²) in [6.07, 6.45) is 7.64. The lowest BCUT2D eigenvalue weighted by molar-refractivity contribution is 0.307. The van der Waals surface area contributed by atoms with Crippen LogP contribution in [0.25, 0.3) is 0 Å². The van der Waals surface area contributed by atoms with Crippen LogP contribution in [0.15, 0.2) is 18.2 Å². The predicted molar refractivity (Wildman–Crippen MR) is 72.6 cm³/mol. The Morgan fingerprint density at radius 2 is 1.94 bits per heavy atom. The fraction of sp³-hybridized carbons (Fsp3) is 0.625. The van der Waals surface area contributed by atoms with Gasteiger partial charge in [0.25, 0.3) is 0 Å². The van der Waals surface area contributed by atoms with Gasteiger partial charge in [-0.25, -0.2) is 4.39 Å². The molecule has 1 aliphatic rings. The van der Waals surface area contributed by atoms with E-state index in [1.165, 1.54) is 45.6 Å². The van der Waals surface area contributed by atoms with Crippen molar-refractivity contribution in [1.82, 2.24) is 0 Å². The Morgan fingerprint density at radius 1 is 1.22 bits per heavy atom. The lowest BCUT2D eigenvalue weighted by Crippen LogP contribution is -2.13. The van der Waals surface area contributed by atoms with Gasteiger partial charge in [-0.15, -0.1) is 0 Å². The molecule has 1 fully saturated rings. The molecule has 0 aliphatic heterocycles. The molecule has 1 nitrogen and oxygen atoms in total. The normalized spacial score (nSPS) is 23.9. The summed E-state index contributed by atoms with van der Waals surface area (Å²) in [5.74, 6) is 1.55. The molecule has 0 heterocycles. The van der Waals surface area contributed by atoms with Crippen LogP contribution in [0.3, 0.4) is 0 Å². The van der Waals surface area contributed by atoms with Crippen LogP contribution < -0.4 is 4.74 Å². The van der Waals surface area contributed by atoms with Gasteiger partial charge in [-0.05, 0) is 55.2 Å². The molecule has 1 aromatic carbocycles. The maximum Gasteiger partial charge on any atom is 0.165 e. The van der Waals surface area contributed by atoms with Crippen LogP contribution in [0.4, 0.5) is 4.39 Å². The van der Waals surface area contributed by atoms with E-state index in [0.29, 0.717) is 11.7 Å². The highest BCUT2D eigenvalue weighted by Crippen LogP contribution is 2.38. The summed E-state index contributed by atoms with van der Waals surface area (Å²) in [5.41, 5.74) is 1.14. The molecule has 1 saturated carbocycles. The highest BCUT2D eigenvalue weighted by atomic mass is 19.1. The summed E-state index contributed by atoms with van der Waals surface area (Å²) in [6.45, 7) is 2.25. The van der Waals surface area contributed by atoms with Crippen LogP contribution >= 0.6 is 0 Å². The van der Waals surface area contributed by atoms with E-state index in [9.17, 15) is 4.39 Å². The van der Waals surface area contributed by atoms with E-state index in [2.05, 4.69) is 6.92 Å². The quantitative estimate of drug-likeness (QED) is 0.738. The second kappa shape index (κ2) is 6.21. The summed E-state index contributed by atoms with van der Waals surface area (Å²) in [5, 5.41) is 0. The van der Waals surface area contributed by atoms with E-state index < -0.39 is 0 Å². The van der Waals surface area contributed by atoms with Crippen molar-refractivity contribution in [1.29, 1.82) is 0 Å². The van der Waals surface area contributed by atoms with E-state index in [1.807, 2.05) is 6.07 Å². The van der Waals surface area contributed by atoms with Crippen molar-refractivity contribution in [3.05, 3.63) is 29.6 Å². The van der Waals surface area contributed by atoms with Crippen molar-refractivity contribution in [3.63, 3.8) is 0 Å². The zero-order valence-corrected chi connectivity index (χ0v) is 11.4. The standard InChI is InChI=1S/C16H23FO/c1-3-4-12-5-7-13(8-6-12)14-9-10-16(18-2)15(17)11-14/h9-13H,3-8H2,1-2H3. The van der Waals surface area contributed by atoms with Gasteiger partial charge >= 0.3 is 0 Å². The van der Waals surface area contributed by atoms with E-state index >= 15 is 0 Å². The minimum atomic E-state index is -0.231.